The minimum atomic E-state index is -0.297. The number of benzene rings is 1. The van der Waals surface area contributed by atoms with Gasteiger partial charge in [0.2, 0.25) is 5.91 Å². The van der Waals surface area contributed by atoms with Crippen LogP contribution in [0.1, 0.15) is 46.0 Å². The number of carbonyl (C=O) groups is 1. The summed E-state index contributed by atoms with van der Waals surface area (Å²) in [5.74, 6) is -0.0237. The highest BCUT2D eigenvalue weighted by Crippen LogP contribution is 2.37. The number of thiazole rings is 1. The zero-order valence-corrected chi connectivity index (χ0v) is 17.8. The smallest absolute Gasteiger partial charge is 0.217 e. The van der Waals surface area contributed by atoms with E-state index in [1.165, 1.54) is 24.7 Å². The van der Waals surface area contributed by atoms with Gasteiger partial charge in [-0.3, -0.25) is 4.79 Å². The van der Waals surface area contributed by atoms with Crippen molar-refractivity contribution in [2.24, 2.45) is 0 Å². The predicted octanol–water partition coefficient (Wildman–Crippen LogP) is 3.88. The lowest BCUT2D eigenvalue weighted by atomic mass is 9.95. The molecule has 0 bridgehead atoms. The van der Waals surface area contributed by atoms with Gasteiger partial charge in [0.15, 0.2) is 16.7 Å². The largest absolute Gasteiger partial charge is 0.487 e. The number of rotatable bonds is 7. The molecule has 0 spiro atoms. The molecule has 1 aromatic heterocycles. The van der Waals surface area contributed by atoms with Crippen molar-refractivity contribution < 1.29 is 18.7 Å². The summed E-state index contributed by atoms with van der Waals surface area (Å²) in [6.45, 7) is 5.95. The van der Waals surface area contributed by atoms with E-state index in [4.69, 9.17) is 9.47 Å². The van der Waals surface area contributed by atoms with Crippen molar-refractivity contribution in [3.63, 3.8) is 0 Å². The number of aromatic nitrogens is 1. The van der Waals surface area contributed by atoms with E-state index in [1.54, 1.807) is 6.07 Å². The SMILES string of the molecule is CC(=O)N[C@@H](C)COC1CCC(Oc2ccc3nc(N4CCC4)sc3c2F)CC1. The minimum absolute atomic E-state index is 0.00246. The van der Waals surface area contributed by atoms with Crippen molar-refractivity contribution in [3.8, 4) is 5.75 Å². The monoisotopic (exact) mass is 421 g/mol. The lowest BCUT2D eigenvalue weighted by Crippen LogP contribution is -2.36. The summed E-state index contributed by atoms with van der Waals surface area (Å²) in [5, 5.41) is 3.72. The number of carbonyl (C=O) groups excluding carboxylic acids is 1. The van der Waals surface area contributed by atoms with Crippen LogP contribution < -0.4 is 15.0 Å². The highest BCUT2D eigenvalue weighted by atomic mass is 32.1. The number of ether oxygens (including phenoxy) is 2. The molecule has 2 aromatic rings. The number of fused-ring (bicyclic) bond motifs is 1. The van der Waals surface area contributed by atoms with Crippen LogP contribution in [0, 0.1) is 5.82 Å². The number of hydrogen-bond donors (Lipinski definition) is 1. The van der Waals surface area contributed by atoms with Crippen molar-refractivity contribution in [1.82, 2.24) is 10.3 Å². The fourth-order valence-corrected chi connectivity index (χ4v) is 4.88. The molecule has 1 atom stereocenters. The Morgan fingerprint density at radius 3 is 2.69 bits per heavy atom. The highest BCUT2D eigenvalue weighted by Gasteiger charge is 2.26. The van der Waals surface area contributed by atoms with Crippen LogP contribution in [0.2, 0.25) is 0 Å². The number of hydrogen-bond acceptors (Lipinski definition) is 6. The second-order valence-electron chi connectivity index (χ2n) is 8.01. The van der Waals surface area contributed by atoms with Crippen LogP contribution in [0.25, 0.3) is 10.2 Å². The van der Waals surface area contributed by atoms with Crippen molar-refractivity contribution in [1.29, 1.82) is 0 Å². The molecular formula is C21H28FN3O3S. The molecule has 1 saturated carbocycles. The van der Waals surface area contributed by atoms with E-state index >= 15 is 0 Å². The van der Waals surface area contributed by atoms with Crippen molar-refractivity contribution in [2.75, 3.05) is 24.6 Å². The van der Waals surface area contributed by atoms with Crippen molar-refractivity contribution in [2.45, 2.75) is 64.2 Å². The number of anilines is 1. The molecule has 1 saturated heterocycles. The Morgan fingerprint density at radius 1 is 1.31 bits per heavy atom. The Morgan fingerprint density at radius 2 is 2.03 bits per heavy atom. The molecule has 158 valence electrons. The van der Waals surface area contributed by atoms with E-state index < -0.39 is 0 Å². The van der Waals surface area contributed by atoms with E-state index in [0.717, 1.165) is 43.9 Å². The summed E-state index contributed by atoms with van der Waals surface area (Å²) < 4.78 is 27.5. The maximum absolute atomic E-state index is 15.0. The van der Waals surface area contributed by atoms with Gasteiger partial charge in [-0.15, -0.1) is 0 Å². The molecule has 0 radical (unpaired) electrons. The molecule has 1 amide bonds. The van der Waals surface area contributed by atoms with Crippen LogP contribution in [0.5, 0.6) is 5.75 Å². The average Bonchev–Trinajstić information content (AvgIpc) is 3.06. The van der Waals surface area contributed by atoms with Gasteiger partial charge in [-0.1, -0.05) is 11.3 Å². The number of nitrogens with zero attached hydrogens (tertiary/aromatic N) is 2. The molecule has 8 heteroatoms. The third-order valence-corrected chi connectivity index (χ3v) is 6.65. The van der Waals surface area contributed by atoms with E-state index in [0.29, 0.717) is 22.6 Å². The van der Waals surface area contributed by atoms with Crippen LogP contribution in [0.3, 0.4) is 0 Å². The third kappa shape index (κ3) is 4.80. The van der Waals surface area contributed by atoms with Gasteiger partial charge in [0.1, 0.15) is 0 Å². The van der Waals surface area contributed by atoms with Gasteiger partial charge in [-0.05, 0) is 51.2 Å². The quantitative estimate of drug-likeness (QED) is 0.735. The molecular weight excluding hydrogens is 393 g/mol. The third-order valence-electron chi connectivity index (χ3n) is 5.52. The van der Waals surface area contributed by atoms with Crippen molar-refractivity contribution in [3.05, 3.63) is 17.9 Å². The number of nitrogens with one attached hydrogen (secondary N) is 1. The van der Waals surface area contributed by atoms with E-state index in [2.05, 4.69) is 15.2 Å². The molecule has 6 nitrogen and oxygen atoms in total. The zero-order chi connectivity index (χ0) is 20.4. The van der Waals surface area contributed by atoms with Crippen LogP contribution >= 0.6 is 11.3 Å². The highest BCUT2D eigenvalue weighted by molar-refractivity contribution is 7.22. The molecule has 1 N–H and O–H groups in total. The second-order valence-corrected chi connectivity index (χ2v) is 8.99. The van der Waals surface area contributed by atoms with Crippen LogP contribution in [0.15, 0.2) is 12.1 Å². The molecule has 29 heavy (non-hydrogen) atoms. The fourth-order valence-electron chi connectivity index (χ4n) is 3.83. The molecule has 2 fully saturated rings. The predicted molar refractivity (Wildman–Crippen MR) is 112 cm³/mol. The minimum Gasteiger partial charge on any atom is -0.487 e. The Labute approximate surface area is 174 Å². The molecule has 2 heterocycles. The van der Waals surface area contributed by atoms with Crippen molar-refractivity contribution >= 4 is 32.6 Å². The topological polar surface area (TPSA) is 63.7 Å². The average molecular weight is 422 g/mol. The van der Waals surface area contributed by atoms with Gasteiger partial charge in [0.25, 0.3) is 0 Å². The first-order valence-electron chi connectivity index (χ1n) is 10.4. The standard InChI is InChI=1S/C21H28FN3O3S/c1-13(23-14(2)26)12-27-15-4-6-16(7-5-15)28-18-9-8-17-20(19(18)22)29-21(24-17)25-10-3-11-25/h8-9,13,15-16H,3-7,10-12H2,1-2H3,(H,23,26)/t13-,15?,16?/m0/s1. The number of amides is 1. The molecule has 4 rings (SSSR count). The first-order valence-corrected chi connectivity index (χ1v) is 11.2. The van der Waals surface area contributed by atoms with Gasteiger partial charge in [-0.2, -0.15) is 0 Å². The summed E-state index contributed by atoms with van der Waals surface area (Å²) in [6.07, 6.45) is 4.75. The maximum atomic E-state index is 15.0. The Balaban J connectivity index is 1.30. The van der Waals surface area contributed by atoms with Crippen LogP contribution in [0.4, 0.5) is 9.52 Å². The Kier molecular flexibility index (Phi) is 6.20. The van der Waals surface area contributed by atoms with Gasteiger partial charge in [-0.25, -0.2) is 9.37 Å². The summed E-state index contributed by atoms with van der Waals surface area (Å²) in [7, 11) is 0. The van der Waals surface area contributed by atoms with E-state index in [1.807, 2.05) is 13.0 Å². The zero-order valence-electron chi connectivity index (χ0n) is 16.9. The number of halogens is 1. The normalized spacial score (nSPS) is 22.9. The molecule has 1 aliphatic carbocycles. The van der Waals surface area contributed by atoms with Gasteiger partial charge < -0.3 is 19.7 Å². The van der Waals surface area contributed by atoms with E-state index in [9.17, 15) is 9.18 Å². The molecule has 0 unspecified atom stereocenters. The maximum Gasteiger partial charge on any atom is 0.217 e. The summed E-state index contributed by atoms with van der Waals surface area (Å²) >= 11 is 1.41. The Bertz CT molecular complexity index is 862. The first kappa shape index (κ1) is 20.3. The summed E-state index contributed by atoms with van der Waals surface area (Å²) in [5.41, 5.74) is 0.701. The fraction of sp³-hybridized carbons (Fsp3) is 0.619. The first-order chi connectivity index (χ1) is 14.0. The lowest BCUT2D eigenvalue weighted by molar-refractivity contribution is -0.120. The van der Waals surface area contributed by atoms with Crippen LogP contribution in [-0.2, 0) is 9.53 Å². The second kappa shape index (κ2) is 8.83. The molecule has 1 aliphatic heterocycles. The van der Waals surface area contributed by atoms with Gasteiger partial charge >= 0.3 is 0 Å². The van der Waals surface area contributed by atoms with Crippen LogP contribution in [-0.4, -0.2) is 48.8 Å². The van der Waals surface area contributed by atoms with E-state index in [-0.39, 0.29) is 30.0 Å². The molecule has 2 aliphatic rings. The Hall–Kier alpha value is -1.93. The van der Waals surface area contributed by atoms with Gasteiger partial charge in [0.05, 0.1) is 29.0 Å². The summed E-state index contributed by atoms with van der Waals surface area (Å²) in [6, 6.07) is 3.56. The summed E-state index contributed by atoms with van der Waals surface area (Å²) in [4.78, 5) is 17.8. The molecule has 1 aromatic carbocycles. The lowest BCUT2D eigenvalue weighted by Gasteiger charge is -2.30. The van der Waals surface area contributed by atoms with Gasteiger partial charge in [0, 0.05) is 26.1 Å².